The van der Waals surface area contributed by atoms with Crippen LogP contribution in [0.2, 0.25) is 0 Å². The normalized spacial score (nSPS) is 12.0. The fourth-order valence-electron chi connectivity index (χ4n) is 2.78. The van der Waals surface area contributed by atoms with Crippen molar-refractivity contribution < 1.29 is 9.53 Å². The Balaban J connectivity index is 1.79. The second-order valence-corrected chi connectivity index (χ2v) is 5.99. The quantitative estimate of drug-likeness (QED) is 0.745. The molecule has 3 nitrogen and oxygen atoms in total. The van der Waals surface area contributed by atoms with Gasteiger partial charge >= 0.3 is 0 Å². The highest BCUT2D eigenvalue weighted by molar-refractivity contribution is 5.96. The Bertz CT molecular complexity index is 860. The molecule has 0 heterocycles. The number of hydrogen-bond donors (Lipinski definition) is 1. The van der Waals surface area contributed by atoms with Crippen LogP contribution in [0.5, 0.6) is 5.75 Å². The average molecular weight is 319 g/mol. The zero-order valence-electron chi connectivity index (χ0n) is 14.2. The monoisotopic (exact) mass is 319 g/mol. The van der Waals surface area contributed by atoms with Gasteiger partial charge in [0.25, 0.3) is 5.91 Å². The third-order valence-electron chi connectivity index (χ3n) is 4.15. The molecular weight excluding hydrogens is 298 g/mol. The van der Waals surface area contributed by atoms with Gasteiger partial charge in [0.05, 0.1) is 0 Å². The smallest absolute Gasteiger partial charge is 0.265 e. The number of hydrogen-bond acceptors (Lipinski definition) is 2. The molecule has 1 N–H and O–H groups in total. The molecule has 1 unspecified atom stereocenters. The first-order chi connectivity index (χ1) is 11.6. The van der Waals surface area contributed by atoms with E-state index < -0.39 is 6.10 Å². The summed E-state index contributed by atoms with van der Waals surface area (Å²) in [6.45, 7) is 5.74. The van der Waals surface area contributed by atoms with Crippen molar-refractivity contribution in [3.63, 3.8) is 0 Å². The Morgan fingerprint density at radius 1 is 0.917 bits per heavy atom. The first-order valence-electron chi connectivity index (χ1n) is 8.08. The summed E-state index contributed by atoms with van der Waals surface area (Å²) in [5.41, 5.74) is 2.94. The molecule has 0 spiro atoms. The Morgan fingerprint density at radius 3 is 2.29 bits per heavy atom. The maximum atomic E-state index is 12.5. The van der Waals surface area contributed by atoms with Gasteiger partial charge < -0.3 is 10.1 Å². The van der Waals surface area contributed by atoms with E-state index in [1.165, 1.54) is 0 Å². The number of benzene rings is 3. The molecule has 0 aliphatic carbocycles. The number of nitrogens with one attached hydrogen (secondary N) is 1. The van der Waals surface area contributed by atoms with E-state index in [1.807, 2.05) is 74.5 Å². The molecule has 0 fully saturated rings. The minimum absolute atomic E-state index is 0.152. The van der Waals surface area contributed by atoms with Gasteiger partial charge in [-0.3, -0.25) is 4.79 Å². The predicted molar refractivity (Wildman–Crippen MR) is 98.6 cm³/mol. The second-order valence-electron chi connectivity index (χ2n) is 5.99. The first-order valence-corrected chi connectivity index (χ1v) is 8.08. The Labute approximate surface area is 142 Å². The lowest BCUT2D eigenvalue weighted by molar-refractivity contribution is -0.122. The first kappa shape index (κ1) is 16.1. The van der Waals surface area contributed by atoms with Crippen LogP contribution < -0.4 is 10.1 Å². The second kappa shape index (κ2) is 6.75. The number of anilines is 1. The largest absolute Gasteiger partial charge is 0.480 e. The number of rotatable bonds is 4. The van der Waals surface area contributed by atoms with Crippen LogP contribution in [-0.2, 0) is 4.79 Å². The summed E-state index contributed by atoms with van der Waals surface area (Å²) in [4.78, 5) is 12.5. The van der Waals surface area contributed by atoms with Gasteiger partial charge in [0.2, 0.25) is 0 Å². The number of carbonyl (C=O) groups excluding carboxylic acids is 1. The van der Waals surface area contributed by atoms with Crippen LogP contribution in [0.1, 0.15) is 18.1 Å². The number of carbonyl (C=O) groups is 1. The number of fused-ring (bicyclic) bond motifs is 1. The number of aryl methyl sites for hydroxylation is 2. The van der Waals surface area contributed by atoms with Gasteiger partial charge in [0, 0.05) is 11.1 Å². The van der Waals surface area contributed by atoms with Gasteiger partial charge in [-0.25, -0.2) is 0 Å². The molecule has 0 saturated carbocycles. The SMILES string of the molecule is Cc1cccc(C)c1NC(=O)C(C)Oc1cccc2ccccc12. The molecule has 0 bridgehead atoms. The molecule has 0 saturated heterocycles. The summed E-state index contributed by atoms with van der Waals surface area (Å²) < 4.78 is 5.93. The molecular formula is C21H21NO2. The molecule has 1 atom stereocenters. The van der Waals surface area contributed by atoms with Crippen LogP contribution in [0.3, 0.4) is 0 Å². The minimum Gasteiger partial charge on any atom is -0.480 e. The van der Waals surface area contributed by atoms with Crippen molar-refractivity contribution in [2.75, 3.05) is 5.32 Å². The molecule has 1 amide bonds. The molecule has 3 rings (SSSR count). The van der Waals surface area contributed by atoms with Crippen molar-refractivity contribution in [2.45, 2.75) is 26.9 Å². The molecule has 3 heteroatoms. The van der Waals surface area contributed by atoms with Gasteiger partial charge in [-0.05, 0) is 43.4 Å². The van der Waals surface area contributed by atoms with E-state index in [1.54, 1.807) is 6.92 Å². The van der Waals surface area contributed by atoms with Crippen LogP contribution in [0.25, 0.3) is 10.8 Å². The Morgan fingerprint density at radius 2 is 1.54 bits per heavy atom. The molecule has 0 aliphatic heterocycles. The number of ether oxygens (including phenoxy) is 1. The van der Waals surface area contributed by atoms with Crippen molar-refractivity contribution in [3.8, 4) is 5.75 Å². The highest BCUT2D eigenvalue weighted by Crippen LogP contribution is 2.26. The van der Waals surface area contributed by atoms with Gasteiger partial charge in [-0.2, -0.15) is 0 Å². The highest BCUT2D eigenvalue weighted by atomic mass is 16.5. The maximum Gasteiger partial charge on any atom is 0.265 e. The zero-order valence-corrected chi connectivity index (χ0v) is 14.2. The summed E-state index contributed by atoms with van der Waals surface area (Å²) in [5.74, 6) is 0.567. The van der Waals surface area contributed by atoms with E-state index in [4.69, 9.17) is 4.74 Å². The minimum atomic E-state index is -0.588. The van der Waals surface area contributed by atoms with Gasteiger partial charge in [-0.1, -0.05) is 54.6 Å². The lowest BCUT2D eigenvalue weighted by Crippen LogP contribution is -2.30. The van der Waals surface area contributed by atoms with E-state index in [9.17, 15) is 4.79 Å². The fraction of sp³-hybridized carbons (Fsp3) is 0.190. The molecule has 0 aliphatic rings. The van der Waals surface area contributed by atoms with Gasteiger partial charge in [0.1, 0.15) is 5.75 Å². The Kier molecular flexibility index (Phi) is 4.52. The summed E-state index contributed by atoms with van der Waals surface area (Å²) in [6, 6.07) is 19.8. The molecule has 3 aromatic carbocycles. The summed E-state index contributed by atoms with van der Waals surface area (Å²) >= 11 is 0. The van der Waals surface area contributed by atoms with Crippen LogP contribution in [0.4, 0.5) is 5.69 Å². The summed E-state index contributed by atoms with van der Waals surface area (Å²) in [5, 5.41) is 5.08. The summed E-state index contributed by atoms with van der Waals surface area (Å²) in [7, 11) is 0. The number of amides is 1. The van der Waals surface area contributed by atoms with Gasteiger partial charge in [-0.15, -0.1) is 0 Å². The van der Waals surface area contributed by atoms with E-state index in [2.05, 4.69) is 5.32 Å². The highest BCUT2D eigenvalue weighted by Gasteiger charge is 2.17. The van der Waals surface area contributed by atoms with E-state index >= 15 is 0 Å². The molecule has 0 aromatic heterocycles. The van der Waals surface area contributed by atoms with Crippen LogP contribution in [-0.4, -0.2) is 12.0 Å². The topological polar surface area (TPSA) is 38.3 Å². The average Bonchev–Trinajstić information content (AvgIpc) is 2.58. The van der Waals surface area contributed by atoms with Crippen molar-refractivity contribution in [2.24, 2.45) is 0 Å². The van der Waals surface area contributed by atoms with Crippen LogP contribution in [0.15, 0.2) is 60.7 Å². The van der Waals surface area contributed by atoms with E-state index in [0.717, 1.165) is 33.3 Å². The van der Waals surface area contributed by atoms with Crippen molar-refractivity contribution in [1.29, 1.82) is 0 Å². The van der Waals surface area contributed by atoms with Gasteiger partial charge in [0.15, 0.2) is 6.10 Å². The van der Waals surface area contributed by atoms with Crippen molar-refractivity contribution in [3.05, 3.63) is 71.8 Å². The lowest BCUT2D eigenvalue weighted by Gasteiger charge is -2.18. The van der Waals surface area contributed by atoms with Crippen molar-refractivity contribution in [1.82, 2.24) is 0 Å². The van der Waals surface area contributed by atoms with E-state index in [0.29, 0.717) is 0 Å². The van der Waals surface area contributed by atoms with Crippen LogP contribution >= 0.6 is 0 Å². The molecule has 24 heavy (non-hydrogen) atoms. The zero-order chi connectivity index (χ0) is 17.1. The summed E-state index contributed by atoms with van der Waals surface area (Å²) in [6.07, 6.45) is -0.588. The molecule has 0 radical (unpaired) electrons. The Hall–Kier alpha value is -2.81. The third kappa shape index (κ3) is 3.25. The predicted octanol–water partition coefficient (Wildman–Crippen LogP) is 4.86. The standard InChI is InChI=1S/C21H21NO2/c1-14-8-6-9-15(2)20(14)22-21(23)16(3)24-19-13-7-11-17-10-4-5-12-18(17)19/h4-13,16H,1-3H3,(H,22,23). The maximum absolute atomic E-state index is 12.5. The van der Waals surface area contributed by atoms with Crippen molar-refractivity contribution >= 4 is 22.4 Å². The van der Waals surface area contributed by atoms with Crippen LogP contribution in [0, 0.1) is 13.8 Å². The fourth-order valence-corrected chi connectivity index (χ4v) is 2.78. The molecule has 122 valence electrons. The number of para-hydroxylation sites is 1. The third-order valence-corrected chi connectivity index (χ3v) is 4.15. The lowest BCUT2D eigenvalue weighted by atomic mass is 10.1. The van der Waals surface area contributed by atoms with E-state index in [-0.39, 0.29) is 5.91 Å². The molecule has 3 aromatic rings.